The minimum absolute atomic E-state index is 0.245. The minimum atomic E-state index is -0.839. The molecule has 3 saturated heterocycles. The van der Waals surface area contributed by atoms with Gasteiger partial charge in [-0.25, -0.2) is 9.97 Å². The molecule has 0 saturated carbocycles. The average Bonchev–Trinajstić information content (AvgIpc) is 4.14. The number of hydrogen-bond acceptors (Lipinski definition) is 4. The fourth-order valence-corrected chi connectivity index (χ4v) is 20.5. The van der Waals surface area contributed by atoms with Gasteiger partial charge in [-0.2, -0.15) is 0 Å². The van der Waals surface area contributed by atoms with Gasteiger partial charge in [-0.3, -0.25) is 9.97 Å². The third-order valence-corrected chi connectivity index (χ3v) is 23.4. The van der Waals surface area contributed by atoms with Crippen molar-refractivity contribution in [1.82, 2.24) is 19.9 Å². The Hall–Kier alpha value is -4.59. The Balaban J connectivity index is 0.000000172. The zero-order chi connectivity index (χ0) is 45.1. The van der Waals surface area contributed by atoms with Crippen molar-refractivity contribution in [2.24, 2.45) is 0 Å². The van der Waals surface area contributed by atoms with Gasteiger partial charge in [0.15, 0.2) is 10.3 Å². The highest BCUT2D eigenvalue weighted by molar-refractivity contribution is 7.82. The van der Waals surface area contributed by atoms with Crippen LogP contribution in [0.1, 0.15) is 106 Å². The molecule has 3 aliphatic rings. The van der Waals surface area contributed by atoms with Gasteiger partial charge in [-0.15, -0.1) is 0 Å². The van der Waals surface area contributed by atoms with E-state index in [9.17, 15) is 0 Å². The number of rotatable bonds is 8. The van der Waals surface area contributed by atoms with E-state index < -0.39 is 23.6 Å². The van der Waals surface area contributed by atoms with Crippen molar-refractivity contribution in [1.29, 1.82) is 0 Å². The van der Waals surface area contributed by atoms with Gasteiger partial charge >= 0.3 is 7.57 Å². The van der Waals surface area contributed by atoms with Gasteiger partial charge in [0.25, 0.3) is 0 Å². The lowest BCUT2D eigenvalue weighted by Crippen LogP contribution is -2.31. The second-order valence-corrected chi connectivity index (χ2v) is 25.1. The van der Waals surface area contributed by atoms with E-state index in [1.807, 2.05) is 12.4 Å². The quantitative estimate of drug-likeness (QED) is 0.112. The van der Waals surface area contributed by atoms with Crippen molar-refractivity contribution < 1.29 is 0 Å². The lowest BCUT2D eigenvalue weighted by molar-refractivity contribution is 0.765. The van der Waals surface area contributed by atoms with Crippen LogP contribution in [0.3, 0.4) is 0 Å². The standard InChI is InChI=1S/C36H34N2P2.C16H17BP.C4H2Cl2N2/c1-5-13-27(14-6-1)31-21-22-32(28-15-7-2-8-16-28)39(31)35-36(38-26-25-37-35)40-33(29-17-9-3-10-18-29)23-24-34(40)30-19-11-4-12-20-30;17-18-15(13-7-3-1-4-8-13)11-12-16(18)14-9-5-2-6-10-14;5-3-4(6)8-2-1-7-3/h1-20,25-26,31-34H,21-24H2;1-10,15-16,18H,11-12H2;1-2H/q;+1;/t31-,32?,33-,34?,39?,40?;15-,16?;/m11./s1. The number of benzene rings is 6. The minimum Gasteiger partial charge on any atom is -0.253 e. The highest BCUT2D eigenvalue weighted by atomic mass is 35.5. The van der Waals surface area contributed by atoms with Crippen LogP contribution in [0.5, 0.6) is 0 Å². The predicted molar refractivity (Wildman–Crippen MR) is 284 cm³/mol. The van der Waals surface area contributed by atoms with Gasteiger partial charge in [0.1, 0.15) is 0 Å². The molecule has 4 nitrogen and oxygen atoms in total. The van der Waals surface area contributed by atoms with Crippen molar-refractivity contribution >= 4 is 65.3 Å². The Morgan fingerprint density at radius 3 is 0.848 bits per heavy atom. The predicted octanol–water partition coefficient (Wildman–Crippen LogP) is 15.6. The van der Waals surface area contributed by atoms with Gasteiger partial charge < -0.3 is 0 Å². The first-order valence-electron chi connectivity index (χ1n) is 23.0. The summed E-state index contributed by atoms with van der Waals surface area (Å²) < 4.78 is 0. The summed E-state index contributed by atoms with van der Waals surface area (Å²) in [5.41, 5.74) is 14.6. The molecular weight excluding hydrogens is 903 g/mol. The Kier molecular flexibility index (Phi) is 16.2. The molecule has 0 spiro atoms. The van der Waals surface area contributed by atoms with Crippen molar-refractivity contribution in [3.63, 3.8) is 0 Å². The first-order valence-corrected chi connectivity index (χ1v) is 28.4. The molecule has 9 atom stereocenters. The van der Waals surface area contributed by atoms with E-state index in [0.29, 0.717) is 34.0 Å². The van der Waals surface area contributed by atoms with E-state index in [2.05, 4.69) is 192 Å². The summed E-state index contributed by atoms with van der Waals surface area (Å²) in [4.78, 5) is 17.9. The number of aromatic nitrogens is 4. The Bertz CT molecular complexity index is 2430. The van der Waals surface area contributed by atoms with Gasteiger partial charge in [0.05, 0.1) is 22.2 Å². The maximum Gasteiger partial charge on any atom is 0.363 e. The average molecular weight is 957 g/mol. The summed E-state index contributed by atoms with van der Waals surface area (Å²) in [5, 5.41) is 0.489. The summed E-state index contributed by atoms with van der Waals surface area (Å²) in [5.74, 6) is 0. The third kappa shape index (κ3) is 10.9. The molecule has 3 fully saturated rings. The van der Waals surface area contributed by atoms with E-state index in [-0.39, 0.29) is 10.3 Å². The molecular formula is C56H53BCl2N4P3+. The second-order valence-electron chi connectivity index (χ2n) is 17.0. The SMILES string of the molecule is Clc1nccnc1Cl.[B][PH+]1C(c2ccccc2)CC[C@@H]1c1ccccc1.c1ccc(C2CC[C@H](c3ccccc3)P2c2nccnc2P2C(c3ccccc3)CC[C@@H]2c2ccccc2)cc1. The number of halogens is 2. The fourth-order valence-electron chi connectivity index (χ4n) is 10.2. The van der Waals surface area contributed by atoms with Gasteiger partial charge in [-0.05, 0) is 95.5 Å². The van der Waals surface area contributed by atoms with Crippen molar-refractivity contribution in [3.05, 3.63) is 250 Å². The highest BCUT2D eigenvalue weighted by Crippen LogP contribution is 2.73. The van der Waals surface area contributed by atoms with E-state index in [1.54, 1.807) is 0 Å². The molecule has 6 unspecified atom stereocenters. The summed E-state index contributed by atoms with van der Waals surface area (Å²) in [6.45, 7) is 0. The molecule has 0 amide bonds. The molecule has 5 heterocycles. The Labute approximate surface area is 405 Å². The molecule has 10 heteroatoms. The van der Waals surface area contributed by atoms with E-state index in [4.69, 9.17) is 40.7 Å². The van der Waals surface area contributed by atoms with Crippen LogP contribution in [-0.2, 0) is 0 Å². The van der Waals surface area contributed by atoms with Crippen LogP contribution in [0.25, 0.3) is 0 Å². The zero-order valence-electron chi connectivity index (χ0n) is 36.9. The molecule has 66 heavy (non-hydrogen) atoms. The fraction of sp³-hybridized carbons (Fsp3) is 0.214. The molecule has 2 aromatic heterocycles. The van der Waals surface area contributed by atoms with Crippen LogP contribution in [0.2, 0.25) is 10.3 Å². The van der Waals surface area contributed by atoms with Crippen molar-refractivity contribution in [2.75, 3.05) is 0 Å². The van der Waals surface area contributed by atoms with E-state index in [1.165, 1.54) is 95.2 Å². The molecule has 0 N–H and O–H groups in total. The summed E-state index contributed by atoms with van der Waals surface area (Å²) in [6, 6.07) is 66.5. The normalized spacial score (nSPS) is 24.4. The smallest absolute Gasteiger partial charge is 0.253 e. The summed E-state index contributed by atoms with van der Waals surface area (Å²) in [6.07, 6.45) is 14.2. The molecule has 328 valence electrons. The van der Waals surface area contributed by atoms with Crippen molar-refractivity contribution in [3.8, 4) is 0 Å². The largest absolute Gasteiger partial charge is 0.363 e. The molecule has 8 aromatic rings. The topological polar surface area (TPSA) is 51.6 Å². The monoisotopic (exact) mass is 955 g/mol. The van der Waals surface area contributed by atoms with Crippen LogP contribution in [0.4, 0.5) is 0 Å². The molecule has 0 aliphatic carbocycles. The second kappa shape index (κ2) is 22.9. The van der Waals surface area contributed by atoms with Crippen LogP contribution < -0.4 is 10.9 Å². The summed E-state index contributed by atoms with van der Waals surface area (Å²) >= 11 is 10.8. The molecule has 3 aliphatic heterocycles. The lowest BCUT2D eigenvalue weighted by atomic mass is 10.0. The van der Waals surface area contributed by atoms with Crippen LogP contribution in [0, 0.1) is 0 Å². The van der Waals surface area contributed by atoms with E-state index >= 15 is 0 Å². The van der Waals surface area contributed by atoms with E-state index in [0.717, 1.165) is 0 Å². The maximum absolute atomic E-state index is 6.59. The first kappa shape index (κ1) is 46.5. The van der Waals surface area contributed by atoms with Crippen LogP contribution in [0.15, 0.2) is 207 Å². The number of hydrogen-bond donors (Lipinski definition) is 0. The molecule has 0 bridgehead atoms. The summed E-state index contributed by atoms with van der Waals surface area (Å²) in [7, 11) is 4.57. The van der Waals surface area contributed by atoms with Crippen molar-refractivity contribution in [2.45, 2.75) is 72.5 Å². The molecule has 6 aromatic carbocycles. The number of nitrogens with zero attached hydrogens (tertiary/aromatic N) is 4. The molecule has 11 rings (SSSR count). The molecule has 2 radical (unpaired) electrons. The third-order valence-electron chi connectivity index (χ3n) is 13.2. The van der Waals surface area contributed by atoms with Gasteiger partial charge in [-0.1, -0.05) is 205 Å². The van der Waals surface area contributed by atoms with Gasteiger partial charge in [0.2, 0.25) is 0 Å². The van der Waals surface area contributed by atoms with Gasteiger partial charge in [0, 0.05) is 47.4 Å². The highest BCUT2D eigenvalue weighted by Gasteiger charge is 2.46. The van der Waals surface area contributed by atoms with Crippen LogP contribution in [-0.4, -0.2) is 27.5 Å². The Morgan fingerprint density at radius 2 is 0.591 bits per heavy atom. The first-order chi connectivity index (χ1) is 32.5. The lowest BCUT2D eigenvalue weighted by Gasteiger charge is -2.32. The van der Waals surface area contributed by atoms with Crippen LogP contribution >= 0.6 is 46.8 Å². The Morgan fingerprint density at radius 1 is 0.348 bits per heavy atom. The zero-order valence-corrected chi connectivity index (χ0v) is 41.2. The maximum atomic E-state index is 6.59.